The molecule has 8 atom stereocenters. The van der Waals surface area contributed by atoms with E-state index in [2.05, 4.69) is 13.2 Å². The van der Waals surface area contributed by atoms with Crippen LogP contribution >= 0.6 is 0 Å². The summed E-state index contributed by atoms with van der Waals surface area (Å²) in [6.45, 7) is 11.5. The molecule has 0 aliphatic carbocycles. The van der Waals surface area contributed by atoms with Crippen molar-refractivity contribution in [1.82, 2.24) is 14.7 Å². The zero-order chi connectivity index (χ0) is 35.3. The van der Waals surface area contributed by atoms with Gasteiger partial charge in [-0.25, -0.2) is 0 Å². The Kier molecular flexibility index (Phi) is 11.4. The maximum Gasteiger partial charge on any atom is 0.313 e. The first kappa shape index (κ1) is 36.0. The molecule has 10 nitrogen and oxygen atoms in total. The van der Waals surface area contributed by atoms with Gasteiger partial charge in [-0.15, -0.1) is 13.2 Å². The topological polar surface area (TPSA) is 117 Å². The molecule has 49 heavy (non-hydrogen) atoms. The number of nitrogens with zero attached hydrogens (tertiary/aromatic N) is 3. The van der Waals surface area contributed by atoms with Crippen LogP contribution in [0.5, 0.6) is 0 Å². The lowest BCUT2D eigenvalue weighted by molar-refractivity contribution is -0.165. The fourth-order valence-corrected chi connectivity index (χ4v) is 7.93. The van der Waals surface area contributed by atoms with Gasteiger partial charge in [0.1, 0.15) is 17.7 Å². The van der Waals surface area contributed by atoms with E-state index in [1.807, 2.05) is 74.5 Å². The summed E-state index contributed by atoms with van der Waals surface area (Å²) < 4.78 is 13.0. The number of allylic oxidation sites excluding steroid dienone is 1. The molecule has 2 aromatic rings. The molecule has 0 unspecified atom stereocenters. The maximum absolute atomic E-state index is 14.7. The maximum atomic E-state index is 14.7. The number of likely N-dealkylation sites (tertiary alicyclic amines) is 1. The number of carbonyl (C=O) groups excluding carboxylic acids is 4. The molecule has 3 amide bonds. The van der Waals surface area contributed by atoms with Crippen molar-refractivity contribution in [2.45, 2.75) is 88.4 Å². The van der Waals surface area contributed by atoms with Crippen molar-refractivity contribution in [3.63, 3.8) is 0 Å². The van der Waals surface area contributed by atoms with Crippen LogP contribution in [0.1, 0.15) is 63.2 Å². The molecule has 3 saturated heterocycles. The fourth-order valence-electron chi connectivity index (χ4n) is 7.93. The Balaban J connectivity index is 1.48. The monoisotopic (exact) mass is 671 g/mol. The molecule has 3 aliphatic rings. The van der Waals surface area contributed by atoms with Crippen molar-refractivity contribution in [3.05, 3.63) is 97.1 Å². The van der Waals surface area contributed by atoms with Crippen LogP contribution in [0.4, 0.5) is 0 Å². The normalized spacial score (nSPS) is 25.6. The van der Waals surface area contributed by atoms with Gasteiger partial charge < -0.3 is 29.3 Å². The number of hydrogen-bond acceptors (Lipinski definition) is 7. The van der Waals surface area contributed by atoms with Gasteiger partial charge in [-0.3, -0.25) is 19.2 Å². The predicted molar refractivity (Wildman–Crippen MR) is 185 cm³/mol. The average molecular weight is 672 g/mol. The summed E-state index contributed by atoms with van der Waals surface area (Å²) in [5.74, 6) is -3.33. The number of esters is 1. The number of amides is 3. The summed E-state index contributed by atoms with van der Waals surface area (Å²) >= 11 is 0. The van der Waals surface area contributed by atoms with Crippen molar-refractivity contribution in [2.24, 2.45) is 11.8 Å². The van der Waals surface area contributed by atoms with E-state index in [4.69, 9.17) is 9.47 Å². The van der Waals surface area contributed by atoms with Gasteiger partial charge in [0.05, 0.1) is 36.6 Å². The number of aliphatic hydroxyl groups excluding tert-OH is 1. The van der Waals surface area contributed by atoms with Gasteiger partial charge in [0.2, 0.25) is 17.7 Å². The van der Waals surface area contributed by atoms with Gasteiger partial charge in [0.15, 0.2) is 0 Å². The lowest BCUT2D eigenvalue weighted by Gasteiger charge is -2.39. The van der Waals surface area contributed by atoms with Crippen LogP contribution in [-0.4, -0.2) is 93.5 Å². The molecule has 3 fully saturated rings. The number of ether oxygens (including phenoxy) is 2. The highest BCUT2D eigenvalue weighted by Crippen LogP contribution is 2.59. The summed E-state index contributed by atoms with van der Waals surface area (Å²) in [7, 11) is 1.69. The second-order valence-corrected chi connectivity index (χ2v) is 13.4. The first-order valence-electron chi connectivity index (χ1n) is 17.3. The van der Waals surface area contributed by atoms with E-state index in [9.17, 15) is 24.3 Å². The van der Waals surface area contributed by atoms with Gasteiger partial charge in [-0.05, 0) is 43.7 Å². The number of benzene rings is 2. The van der Waals surface area contributed by atoms with Crippen molar-refractivity contribution in [1.29, 1.82) is 0 Å². The first-order chi connectivity index (χ1) is 23.6. The summed E-state index contributed by atoms with van der Waals surface area (Å²) in [6.07, 6.45) is 4.01. The van der Waals surface area contributed by atoms with Gasteiger partial charge in [0, 0.05) is 26.6 Å². The third-order valence-corrected chi connectivity index (χ3v) is 10.6. The highest BCUT2D eigenvalue weighted by Gasteiger charge is 2.75. The number of likely N-dealkylation sites (N-methyl/N-ethyl adjacent to an activating group) is 1. The zero-order valence-electron chi connectivity index (χ0n) is 28.8. The highest BCUT2D eigenvalue weighted by molar-refractivity contribution is 5.98. The molecule has 0 saturated carbocycles. The van der Waals surface area contributed by atoms with Crippen molar-refractivity contribution >= 4 is 23.7 Å². The van der Waals surface area contributed by atoms with E-state index < -0.39 is 53.7 Å². The molecule has 3 heterocycles. The standard InChI is InChI=1S/C39H49N3O7/c1-6-9-20-31(44)40(5)26(4)34(28-18-14-11-15-19-28)48-38(47)32-30-21-22-39(49-30)33(32)36(45)42(29(8-3)25-43)35(39)37(46)41(23-7-2)24-27-16-12-10-13-17-27/h6-7,10-19,26,29-30,32-35,43H,1-2,8-9,20-25H2,3-5H3/t26-,29-,30-,32+,33+,34+,35-,39+/m0/s1. The Morgan fingerprint density at radius 2 is 1.78 bits per heavy atom. The minimum absolute atomic E-state index is 0.108. The number of carbonyl (C=O) groups is 4. The van der Waals surface area contributed by atoms with E-state index >= 15 is 0 Å². The SMILES string of the molecule is C=CCCC(=O)N(C)[C@@H](C)[C@@H](OC(=O)[C@@H]1[C@@H]2CC[C@]3(O2)[C@H](C(=O)N(CC=C)Cc2ccccc2)N([C@@H](CC)CO)C(=O)[C@@H]13)c1ccccc1. The Bertz CT molecular complexity index is 1510. The first-order valence-corrected chi connectivity index (χ1v) is 17.3. The Morgan fingerprint density at radius 3 is 2.39 bits per heavy atom. The Hall–Kier alpha value is -4.28. The van der Waals surface area contributed by atoms with Gasteiger partial charge >= 0.3 is 5.97 Å². The Morgan fingerprint density at radius 1 is 1.10 bits per heavy atom. The molecular weight excluding hydrogens is 622 g/mol. The molecule has 262 valence electrons. The number of hydrogen-bond donors (Lipinski definition) is 1. The third-order valence-electron chi connectivity index (χ3n) is 10.6. The van der Waals surface area contributed by atoms with Crippen molar-refractivity contribution in [3.8, 4) is 0 Å². The second kappa shape index (κ2) is 15.5. The van der Waals surface area contributed by atoms with Gasteiger partial charge in [-0.2, -0.15) is 0 Å². The summed E-state index contributed by atoms with van der Waals surface area (Å²) in [5.41, 5.74) is 0.376. The molecule has 1 spiro atoms. The summed E-state index contributed by atoms with van der Waals surface area (Å²) in [6, 6.07) is 16.6. The summed E-state index contributed by atoms with van der Waals surface area (Å²) in [5, 5.41) is 10.4. The van der Waals surface area contributed by atoms with Gasteiger partial charge in [-0.1, -0.05) is 79.7 Å². The number of aliphatic hydroxyl groups is 1. The Labute approximate surface area is 289 Å². The lowest BCUT2D eigenvalue weighted by Crippen LogP contribution is -2.58. The molecule has 0 radical (unpaired) electrons. The van der Waals surface area contributed by atoms with Crippen molar-refractivity contribution < 1.29 is 33.8 Å². The van der Waals surface area contributed by atoms with Crippen LogP contribution < -0.4 is 0 Å². The van der Waals surface area contributed by atoms with E-state index in [0.717, 1.165) is 5.56 Å². The fraction of sp³-hybridized carbons (Fsp3) is 0.487. The summed E-state index contributed by atoms with van der Waals surface area (Å²) in [4.78, 5) is 61.3. The minimum Gasteiger partial charge on any atom is -0.455 e. The number of fused-ring (bicyclic) bond motifs is 1. The van der Waals surface area contributed by atoms with Crippen LogP contribution in [0.2, 0.25) is 0 Å². The quantitative estimate of drug-likeness (QED) is 0.207. The largest absolute Gasteiger partial charge is 0.455 e. The van der Waals surface area contributed by atoms with Crippen LogP contribution in [0.15, 0.2) is 86.0 Å². The number of rotatable bonds is 16. The molecule has 2 bridgehead atoms. The molecule has 3 aliphatic heterocycles. The minimum atomic E-state index is -1.26. The van der Waals surface area contributed by atoms with Crippen LogP contribution in [0, 0.1) is 11.8 Å². The lowest BCUT2D eigenvalue weighted by atomic mass is 9.70. The molecule has 2 aromatic carbocycles. The van der Waals surface area contributed by atoms with Gasteiger partial charge in [0.25, 0.3) is 0 Å². The van der Waals surface area contributed by atoms with Crippen LogP contribution in [0.3, 0.4) is 0 Å². The second-order valence-electron chi connectivity index (χ2n) is 13.4. The third kappa shape index (κ3) is 6.81. The molecule has 10 heteroatoms. The smallest absolute Gasteiger partial charge is 0.313 e. The molecule has 0 aromatic heterocycles. The molecular formula is C39H49N3O7. The van der Waals surface area contributed by atoms with E-state index in [1.165, 1.54) is 4.90 Å². The van der Waals surface area contributed by atoms with E-state index in [0.29, 0.717) is 37.8 Å². The van der Waals surface area contributed by atoms with E-state index in [1.54, 1.807) is 29.0 Å². The highest BCUT2D eigenvalue weighted by atomic mass is 16.6. The van der Waals surface area contributed by atoms with Crippen LogP contribution in [0.25, 0.3) is 0 Å². The molecule has 5 rings (SSSR count). The van der Waals surface area contributed by atoms with E-state index in [-0.39, 0.29) is 37.3 Å². The van der Waals surface area contributed by atoms with Crippen LogP contribution in [-0.2, 0) is 35.2 Å². The van der Waals surface area contributed by atoms with Crippen molar-refractivity contribution in [2.75, 3.05) is 20.2 Å². The average Bonchev–Trinajstić information content (AvgIpc) is 3.77. The molecule has 1 N–H and O–H groups in total. The predicted octanol–water partition coefficient (Wildman–Crippen LogP) is 4.44. The zero-order valence-corrected chi connectivity index (χ0v) is 28.8.